The maximum absolute atomic E-state index is 13.8. The Kier molecular flexibility index (Phi) is 4.37. The zero-order valence-electron chi connectivity index (χ0n) is 17.1. The SMILES string of the molecule is O=C(c1cccc2c1cnn2CCOC1CC1)N(C1CC1)C1CCc2n[nH]cc2C1. The first-order chi connectivity index (χ1) is 14.8. The average molecular weight is 406 g/mol. The van der Waals surface area contributed by atoms with E-state index < -0.39 is 0 Å². The number of nitrogens with zero attached hydrogens (tertiary/aromatic N) is 4. The zero-order chi connectivity index (χ0) is 20.1. The van der Waals surface area contributed by atoms with Crippen molar-refractivity contribution in [2.24, 2.45) is 0 Å². The van der Waals surface area contributed by atoms with Crippen LogP contribution in [0, 0.1) is 0 Å². The van der Waals surface area contributed by atoms with E-state index >= 15 is 0 Å². The van der Waals surface area contributed by atoms with E-state index in [9.17, 15) is 4.79 Å². The Labute approximate surface area is 175 Å². The summed E-state index contributed by atoms with van der Waals surface area (Å²) in [4.78, 5) is 15.9. The molecule has 1 amide bonds. The minimum Gasteiger partial charge on any atom is -0.376 e. The van der Waals surface area contributed by atoms with Crippen molar-refractivity contribution in [3.05, 3.63) is 47.4 Å². The van der Waals surface area contributed by atoms with E-state index in [0.29, 0.717) is 18.8 Å². The molecule has 2 aromatic heterocycles. The standard InChI is InChI=1S/C23H27N5O2/c29-23(28(16-4-5-16)17-6-9-21-15(12-17)13-24-26-21)19-2-1-3-22-20(19)14-25-27(22)10-11-30-18-7-8-18/h1-3,13-14,16-18H,4-12H2,(H,24,26). The van der Waals surface area contributed by atoms with Gasteiger partial charge in [0.25, 0.3) is 5.91 Å². The average Bonchev–Trinajstić information content (AvgIpc) is 3.68. The molecule has 7 heteroatoms. The van der Waals surface area contributed by atoms with E-state index in [2.05, 4.69) is 26.3 Å². The number of carbonyl (C=O) groups excluding carboxylic acids is 1. The maximum atomic E-state index is 13.8. The smallest absolute Gasteiger partial charge is 0.255 e. The van der Waals surface area contributed by atoms with Crippen LogP contribution < -0.4 is 0 Å². The van der Waals surface area contributed by atoms with E-state index in [1.54, 1.807) is 0 Å². The van der Waals surface area contributed by atoms with Crippen LogP contribution in [0.1, 0.15) is 53.7 Å². The van der Waals surface area contributed by atoms with Crippen molar-refractivity contribution in [2.45, 2.75) is 69.7 Å². The van der Waals surface area contributed by atoms with Crippen molar-refractivity contribution in [3.8, 4) is 0 Å². The Morgan fingerprint density at radius 2 is 2.10 bits per heavy atom. The van der Waals surface area contributed by atoms with Gasteiger partial charge in [-0.1, -0.05) is 6.07 Å². The number of rotatable bonds is 7. The van der Waals surface area contributed by atoms with Crippen molar-refractivity contribution in [2.75, 3.05) is 6.61 Å². The number of carbonyl (C=O) groups is 1. The van der Waals surface area contributed by atoms with E-state index in [1.165, 1.54) is 18.4 Å². The van der Waals surface area contributed by atoms with Crippen molar-refractivity contribution >= 4 is 16.8 Å². The third kappa shape index (κ3) is 3.31. The van der Waals surface area contributed by atoms with Gasteiger partial charge in [-0.3, -0.25) is 14.6 Å². The molecule has 0 aliphatic heterocycles. The summed E-state index contributed by atoms with van der Waals surface area (Å²) >= 11 is 0. The van der Waals surface area contributed by atoms with E-state index in [-0.39, 0.29) is 11.9 Å². The molecule has 1 atom stereocenters. The van der Waals surface area contributed by atoms with Gasteiger partial charge in [-0.2, -0.15) is 10.2 Å². The number of aromatic amines is 1. The van der Waals surface area contributed by atoms with Crippen molar-refractivity contribution in [3.63, 3.8) is 0 Å². The summed E-state index contributed by atoms with van der Waals surface area (Å²) in [6, 6.07) is 6.60. The van der Waals surface area contributed by atoms with Crippen LogP contribution in [-0.2, 0) is 24.1 Å². The second-order valence-electron chi connectivity index (χ2n) is 8.87. The highest BCUT2D eigenvalue weighted by atomic mass is 16.5. The van der Waals surface area contributed by atoms with Crippen LogP contribution in [0.25, 0.3) is 10.9 Å². The molecule has 30 heavy (non-hydrogen) atoms. The number of nitrogens with one attached hydrogen (secondary N) is 1. The fraction of sp³-hybridized carbons (Fsp3) is 0.522. The molecule has 2 heterocycles. The zero-order valence-corrected chi connectivity index (χ0v) is 17.1. The van der Waals surface area contributed by atoms with Gasteiger partial charge in [0.05, 0.1) is 42.2 Å². The van der Waals surface area contributed by atoms with Gasteiger partial charge in [-0.25, -0.2) is 0 Å². The summed E-state index contributed by atoms with van der Waals surface area (Å²) < 4.78 is 7.76. The van der Waals surface area contributed by atoms with Gasteiger partial charge in [0.2, 0.25) is 0 Å². The summed E-state index contributed by atoms with van der Waals surface area (Å²) in [5.41, 5.74) is 4.20. The molecule has 1 unspecified atom stereocenters. The molecule has 156 valence electrons. The molecule has 1 aromatic carbocycles. The number of amides is 1. The van der Waals surface area contributed by atoms with Crippen LogP contribution in [-0.4, -0.2) is 55.6 Å². The number of hydrogen-bond donors (Lipinski definition) is 1. The number of aromatic nitrogens is 4. The lowest BCUT2D eigenvalue weighted by Gasteiger charge is -2.34. The van der Waals surface area contributed by atoms with Crippen LogP contribution in [0.15, 0.2) is 30.6 Å². The van der Waals surface area contributed by atoms with E-state index in [1.807, 2.05) is 29.2 Å². The highest BCUT2D eigenvalue weighted by molar-refractivity contribution is 6.06. The monoisotopic (exact) mass is 405 g/mol. The Bertz CT molecular complexity index is 1080. The van der Waals surface area contributed by atoms with Gasteiger partial charge >= 0.3 is 0 Å². The summed E-state index contributed by atoms with van der Waals surface area (Å²) in [5.74, 6) is 0.147. The Balaban J connectivity index is 1.27. The molecule has 2 saturated carbocycles. The third-order valence-electron chi connectivity index (χ3n) is 6.65. The second kappa shape index (κ2) is 7.23. The molecule has 0 bridgehead atoms. The van der Waals surface area contributed by atoms with Gasteiger partial charge in [0.15, 0.2) is 0 Å². The molecule has 6 rings (SSSR count). The summed E-state index contributed by atoms with van der Waals surface area (Å²) in [6.07, 6.45) is 11.7. The first-order valence-electron chi connectivity index (χ1n) is 11.2. The largest absolute Gasteiger partial charge is 0.376 e. The first kappa shape index (κ1) is 18.1. The van der Waals surface area contributed by atoms with E-state index in [4.69, 9.17) is 4.74 Å². The number of fused-ring (bicyclic) bond motifs is 2. The molecule has 2 fully saturated rings. The lowest BCUT2D eigenvalue weighted by molar-refractivity contribution is 0.0645. The van der Waals surface area contributed by atoms with Gasteiger partial charge in [-0.05, 0) is 62.6 Å². The molecule has 3 aliphatic rings. The molecular formula is C23H27N5O2. The molecule has 3 aromatic rings. The summed E-state index contributed by atoms with van der Waals surface area (Å²) in [5, 5.41) is 12.8. The Morgan fingerprint density at radius 3 is 2.93 bits per heavy atom. The van der Waals surface area contributed by atoms with Gasteiger partial charge in [-0.15, -0.1) is 0 Å². The predicted octanol–water partition coefficient (Wildman–Crippen LogP) is 3.10. The van der Waals surface area contributed by atoms with Crippen molar-refractivity contribution in [1.82, 2.24) is 24.9 Å². The predicted molar refractivity (Wildman–Crippen MR) is 112 cm³/mol. The fourth-order valence-electron chi connectivity index (χ4n) is 4.76. The quantitative estimate of drug-likeness (QED) is 0.655. The van der Waals surface area contributed by atoms with E-state index in [0.717, 1.165) is 60.8 Å². The lowest BCUT2D eigenvalue weighted by Crippen LogP contribution is -2.44. The highest BCUT2D eigenvalue weighted by Gasteiger charge is 2.39. The molecular weight excluding hydrogens is 378 g/mol. The van der Waals surface area contributed by atoms with Crippen LogP contribution in [0.5, 0.6) is 0 Å². The van der Waals surface area contributed by atoms with Crippen molar-refractivity contribution in [1.29, 1.82) is 0 Å². The van der Waals surface area contributed by atoms with Crippen LogP contribution in [0.2, 0.25) is 0 Å². The Hall–Kier alpha value is -2.67. The molecule has 0 spiro atoms. The number of H-pyrrole nitrogens is 1. The molecule has 0 saturated heterocycles. The Morgan fingerprint density at radius 1 is 1.20 bits per heavy atom. The molecule has 1 N–H and O–H groups in total. The molecule has 0 radical (unpaired) electrons. The first-order valence-corrected chi connectivity index (χ1v) is 11.2. The number of benzene rings is 1. The number of ether oxygens (including phenoxy) is 1. The van der Waals surface area contributed by atoms with Crippen molar-refractivity contribution < 1.29 is 9.53 Å². The van der Waals surface area contributed by atoms with Crippen LogP contribution in [0.3, 0.4) is 0 Å². The van der Waals surface area contributed by atoms with Gasteiger partial charge in [0, 0.05) is 23.7 Å². The normalized spacial score (nSPS) is 21.0. The van der Waals surface area contributed by atoms with Crippen LogP contribution in [0.4, 0.5) is 0 Å². The topological polar surface area (TPSA) is 76.0 Å². The second-order valence-corrected chi connectivity index (χ2v) is 8.87. The summed E-state index contributed by atoms with van der Waals surface area (Å²) in [7, 11) is 0. The minimum atomic E-state index is 0.147. The van der Waals surface area contributed by atoms with Crippen LogP contribution >= 0.6 is 0 Å². The highest BCUT2D eigenvalue weighted by Crippen LogP contribution is 2.35. The van der Waals surface area contributed by atoms with Gasteiger partial charge in [0.1, 0.15) is 0 Å². The maximum Gasteiger partial charge on any atom is 0.255 e. The number of aryl methyl sites for hydroxylation is 1. The third-order valence-corrected chi connectivity index (χ3v) is 6.65. The lowest BCUT2D eigenvalue weighted by atomic mass is 9.91. The van der Waals surface area contributed by atoms with Gasteiger partial charge < -0.3 is 9.64 Å². The molecule has 3 aliphatic carbocycles. The minimum absolute atomic E-state index is 0.147. The molecule has 7 nitrogen and oxygen atoms in total. The number of hydrogen-bond acceptors (Lipinski definition) is 4. The summed E-state index contributed by atoms with van der Waals surface area (Å²) in [6.45, 7) is 1.39. The fourth-order valence-corrected chi connectivity index (χ4v) is 4.76.